The van der Waals surface area contributed by atoms with E-state index in [0.29, 0.717) is 0 Å². The molecule has 0 saturated heterocycles. The first kappa shape index (κ1) is 12.3. The van der Waals surface area contributed by atoms with Gasteiger partial charge in [-0.05, 0) is 19.2 Å². The molecule has 0 aliphatic heterocycles. The van der Waals surface area contributed by atoms with Crippen LogP contribution in [0.4, 0.5) is 0 Å². The molecule has 1 aromatic carbocycles. The number of hydrogen-bond acceptors (Lipinski definition) is 5. The minimum Gasteiger partial charge on any atom is -0.331 e. The molecule has 5 nitrogen and oxygen atoms in total. The highest BCUT2D eigenvalue weighted by Crippen LogP contribution is 2.20. The average molecular weight is 273 g/mol. The van der Waals surface area contributed by atoms with E-state index in [1.165, 1.54) is 11.7 Å². The summed E-state index contributed by atoms with van der Waals surface area (Å²) in [7, 11) is 3.99. The van der Waals surface area contributed by atoms with E-state index in [1.807, 2.05) is 31.4 Å². The zero-order valence-corrected chi connectivity index (χ0v) is 11.7. The summed E-state index contributed by atoms with van der Waals surface area (Å²) in [5.41, 5.74) is 3.16. The molecule has 3 rings (SSSR count). The zero-order valence-electron chi connectivity index (χ0n) is 10.9. The van der Waals surface area contributed by atoms with Crippen molar-refractivity contribution in [2.75, 3.05) is 7.05 Å². The van der Waals surface area contributed by atoms with Crippen molar-refractivity contribution in [3.8, 4) is 0 Å². The number of para-hydroxylation sites is 2. The van der Waals surface area contributed by atoms with Gasteiger partial charge in [-0.25, -0.2) is 4.98 Å². The highest BCUT2D eigenvalue weighted by molar-refractivity contribution is 6.99. The predicted molar refractivity (Wildman–Crippen MR) is 76.1 cm³/mol. The van der Waals surface area contributed by atoms with Crippen LogP contribution in [0.2, 0.25) is 0 Å². The summed E-state index contributed by atoms with van der Waals surface area (Å²) in [5, 5.41) is 3.28. The molecule has 6 heteroatoms. The lowest BCUT2D eigenvalue weighted by atomic mass is 10.1. The van der Waals surface area contributed by atoms with Gasteiger partial charge in [0.2, 0.25) is 0 Å². The van der Waals surface area contributed by atoms with Crippen molar-refractivity contribution in [3.63, 3.8) is 0 Å². The monoisotopic (exact) mass is 273 g/mol. The fourth-order valence-corrected chi connectivity index (χ4v) is 2.71. The first-order chi connectivity index (χ1) is 9.29. The van der Waals surface area contributed by atoms with Gasteiger partial charge >= 0.3 is 0 Å². The van der Waals surface area contributed by atoms with Gasteiger partial charge in [-0.1, -0.05) is 12.1 Å². The first-order valence-corrected chi connectivity index (χ1v) is 6.87. The molecule has 3 aromatic rings. The van der Waals surface area contributed by atoms with Gasteiger partial charge in [-0.2, -0.15) is 8.75 Å². The van der Waals surface area contributed by atoms with Crippen molar-refractivity contribution in [2.45, 2.75) is 12.5 Å². The van der Waals surface area contributed by atoms with E-state index in [-0.39, 0.29) is 6.04 Å². The van der Waals surface area contributed by atoms with E-state index in [1.54, 1.807) is 0 Å². The second kappa shape index (κ2) is 5.07. The van der Waals surface area contributed by atoms with Gasteiger partial charge in [0.1, 0.15) is 5.82 Å². The average Bonchev–Trinajstić information content (AvgIpc) is 3.06. The largest absolute Gasteiger partial charge is 0.331 e. The molecule has 0 saturated carbocycles. The lowest BCUT2D eigenvalue weighted by molar-refractivity contribution is 0.556. The summed E-state index contributed by atoms with van der Waals surface area (Å²) >= 11 is 1.24. The van der Waals surface area contributed by atoms with Crippen molar-refractivity contribution < 1.29 is 0 Å². The van der Waals surface area contributed by atoms with E-state index >= 15 is 0 Å². The van der Waals surface area contributed by atoms with Crippen LogP contribution in [0.1, 0.15) is 17.6 Å². The first-order valence-electron chi connectivity index (χ1n) is 6.14. The molecular formula is C13H15N5S. The summed E-state index contributed by atoms with van der Waals surface area (Å²) in [5.74, 6) is 1.05. The van der Waals surface area contributed by atoms with Gasteiger partial charge in [-0.15, -0.1) is 0 Å². The van der Waals surface area contributed by atoms with Gasteiger partial charge in [0.15, 0.2) is 0 Å². The van der Waals surface area contributed by atoms with Gasteiger partial charge < -0.3 is 9.88 Å². The Kier molecular flexibility index (Phi) is 3.27. The van der Waals surface area contributed by atoms with Gasteiger partial charge in [0.25, 0.3) is 0 Å². The van der Waals surface area contributed by atoms with Crippen LogP contribution in [0.15, 0.2) is 30.5 Å². The molecule has 0 aliphatic rings. The molecule has 1 atom stereocenters. The van der Waals surface area contributed by atoms with E-state index in [4.69, 9.17) is 0 Å². The second-order valence-corrected chi connectivity index (χ2v) is 5.01. The smallest absolute Gasteiger partial charge is 0.111 e. The number of nitrogens with one attached hydrogen (secondary N) is 1. The Hall–Kier alpha value is -1.79. The van der Waals surface area contributed by atoms with Crippen molar-refractivity contribution in [2.24, 2.45) is 7.05 Å². The lowest BCUT2D eigenvalue weighted by Crippen LogP contribution is -2.20. The Balaban J connectivity index is 1.94. The predicted octanol–water partition coefficient (Wildman–Crippen LogP) is 1.93. The van der Waals surface area contributed by atoms with Crippen LogP contribution in [0, 0.1) is 0 Å². The van der Waals surface area contributed by atoms with Crippen molar-refractivity contribution >= 4 is 22.8 Å². The van der Waals surface area contributed by atoms with E-state index in [9.17, 15) is 0 Å². The Bertz CT molecular complexity index is 673. The number of benzene rings is 1. The van der Waals surface area contributed by atoms with Crippen LogP contribution in [0.3, 0.4) is 0 Å². The molecule has 1 N–H and O–H groups in total. The summed E-state index contributed by atoms with van der Waals surface area (Å²) in [4.78, 5) is 4.69. The molecule has 0 spiro atoms. The Labute approximate surface area is 115 Å². The highest BCUT2D eigenvalue weighted by Gasteiger charge is 2.16. The molecule has 0 bridgehead atoms. The number of fused-ring (bicyclic) bond motifs is 1. The summed E-state index contributed by atoms with van der Waals surface area (Å²) in [6.07, 6.45) is 2.61. The maximum absolute atomic E-state index is 4.69. The van der Waals surface area contributed by atoms with E-state index < -0.39 is 0 Å². The number of aryl methyl sites for hydroxylation is 1. The summed E-state index contributed by atoms with van der Waals surface area (Å²) < 4.78 is 10.5. The molecule has 0 amide bonds. The summed E-state index contributed by atoms with van der Waals surface area (Å²) in [6.45, 7) is 0. The van der Waals surface area contributed by atoms with E-state index in [2.05, 4.69) is 36.7 Å². The van der Waals surface area contributed by atoms with Crippen LogP contribution in [0.5, 0.6) is 0 Å². The fraction of sp³-hybridized carbons (Fsp3) is 0.308. The molecular weight excluding hydrogens is 258 g/mol. The van der Waals surface area contributed by atoms with Gasteiger partial charge in [0.05, 0.1) is 40.7 Å². The third kappa shape index (κ3) is 2.24. The van der Waals surface area contributed by atoms with Crippen LogP contribution in [0.25, 0.3) is 11.0 Å². The number of rotatable bonds is 4. The molecule has 0 radical (unpaired) electrons. The minimum atomic E-state index is 0.147. The second-order valence-electron chi connectivity index (χ2n) is 4.45. The van der Waals surface area contributed by atoms with Gasteiger partial charge in [0, 0.05) is 13.5 Å². The molecule has 98 valence electrons. The van der Waals surface area contributed by atoms with Crippen molar-refractivity contribution in [3.05, 3.63) is 42.0 Å². The molecule has 0 fully saturated rings. The molecule has 0 aliphatic carbocycles. The SMILES string of the molecule is CNC(Cc1nc2ccccc2n1C)c1cnsn1. The minimum absolute atomic E-state index is 0.147. The number of aromatic nitrogens is 4. The third-order valence-corrected chi connectivity index (χ3v) is 3.84. The number of hydrogen-bond donors (Lipinski definition) is 1. The highest BCUT2D eigenvalue weighted by atomic mass is 32.1. The zero-order chi connectivity index (χ0) is 13.2. The van der Waals surface area contributed by atoms with Crippen molar-refractivity contribution in [1.82, 2.24) is 23.6 Å². The Morgan fingerprint density at radius 1 is 1.37 bits per heavy atom. The number of nitrogens with zero attached hydrogens (tertiary/aromatic N) is 4. The quantitative estimate of drug-likeness (QED) is 0.789. The molecule has 2 heterocycles. The lowest BCUT2D eigenvalue weighted by Gasteiger charge is -2.12. The maximum atomic E-state index is 4.69. The molecule has 2 aromatic heterocycles. The standard InChI is InChI=1S/C13H15N5S/c1-14-10(11-8-15-19-17-11)7-13-16-9-5-3-4-6-12(9)18(13)2/h3-6,8,10,14H,7H2,1-2H3. The van der Waals surface area contributed by atoms with Crippen LogP contribution >= 0.6 is 11.7 Å². The van der Waals surface area contributed by atoms with E-state index in [0.717, 1.165) is 29.0 Å². The Morgan fingerprint density at radius 2 is 2.21 bits per heavy atom. The van der Waals surface area contributed by atoms with Crippen LogP contribution in [-0.2, 0) is 13.5 Å². The number of likely N-dealkylation sites (N-methyl/N-ethyl adjacent to an activating group) is 1. The summed E-state index contributed by atoms with van der Waals surface area (Å²) in [6, 6.07) is 8.32. The van der Waals surface area contributed by atoms with Crippen LogP contribution in [-0.4, -0.2) is 25.3 Å². The molecule has 1 unspecified atom stereocenters. The number of imidazole rings is 1. The maximum Gasteiger partial charge on any atom is 0.111 e. The fourth-order valence-electron chi connectivity index (χ4n) is 2.24. The molecule has 19 heavy (non-hydrogen) atoms. The third-order valence-electron chi connectivity index (χ3n) is 3.35. The van der Waals surface area contributed by atoms with Gasteiger partial charge in [-0.3, -0.25) is 0 Å². The topological polar surface area (TPSA) is 55.6 Å². The van der Waals surface area contributed by atoms with Crippen LogP contribution < -0.4 is 5.32 Å². The normalized spacial score (nSPS) is 12.9. The van der Waals surface area contributed by atoms with Crippen molar-refractivity contribution in [1.29, 1.82) is 0 Å². The Morgan fingerprint density at radius 3 is 2.89 bits per heavy atom.